The molecule has 0 radical (unpaired) electrons. The first kappa shape index (κ1) is 16.6. The van der Waals surface area contributed by atoms with E-state index < -0.39 is 11.8 Å². The fourth-order valence-electron chi connectivity index (χ4n) is 2.65. The molecule has 122 valence electrons. The fraction of sp³-hybridized carbons (Fsp3) is 0.111. The Hall–Kier alpha value is -2.30. The molecule has 0 unspecified atom stereocenters. The third-order valence-electron chi connectivity index (χ3n) is 3.61. The molecule has 1 heterocycles. The SMILES string of the molecule is Cc1cc(C)cc(NC2=C(Cl)C(=O)N(c3ccccc3Cl)C2=O)c1. The predicted octanol–water partition coefficient (Wildman–Crippen LogP) is 4.39. The number of halogens is 2. The first-order valence-corrected chi connectivity index (χ1v) is 8.02. The van der Waals surface area contributed by atoms with Gasteiger partial charge in [0.25, 0.3) is 11.8 Å². The Morgan fingerprint density at radius 1 is 0.917 bits per heavy atom. The number of rotatable bonds is 3. The Bertz CT molecular complexity index is 870. The summed E-state index contributed by atoms with van der Waals surface area (Å²) in [4.78, 5) is 26.1. The van der Waals surface area contributed by atoms with Crippen LogP contribution in [0.4, 0.5) is 11.4 Å². The number of amides is 2. The summed E-state index contributed by atoms with van der Waals surface area (Å²) in [6.07, 6.45) is 0. The van der Waals surface area contributed by atoms with Crippen molar-refractivity contribution >= 4 is 46.4 Å². The number of carbonyl (C=O) groups excluding carboxylic acids is 2. The van der Waals surface area contributed by atoms with Crippen LogP contribution >= 0.6 is 23.2 Å². The molecule has 0 bridgehead atoms. The largest absolute Gasteiger partial charge is 0.350 e. The maximum absolute atomic E-state index is 12.7. The number of aryl methyl sites for hydroxylation is 2. The van der Waals surface area contributed by atoms with Crippen LogP contribution in [0.2, 0.25) is 5.02 Å². The van der Waals surface area contributed by atoms with Gasteiger partial charge in [-0.1, -0.05) is 41.4 Å². The minimum atomic E-state index is -0.596. The highest BCUT2D eigenvalue weighted by molar-refractivity contribution is 6.53. The lowest BCUT2D eigenvalue weighted by Crippen LogP contribution is -2.32. The van der Waals surface area contributed by atoms with Crippen molar-refractivity contribution in [3.63, 3.8) is 0 Å². The van der Waals surface area contributed by atoms with Crippen LogP contribution in [0, 0.1) is 13.8 Å². The van der Waals surface area contributed by atoms with Gasteiger partial charge in [0.2, 0.25) is 0 Å². The van der Waals surface area contributed by atoms with E-state index >= 15 is 0 Å². The lowest BCUT2D eigenvalue weighted by molar-refractivity contribution is -0.120. The van der Waals surface area contributed by atoms with Crippen LogP contribution in [0.1, 0.15) is 11.1 Å². The number of para-hydroxylation sites is 1. The van der Waals surface area contributed by atoms with E-state index in [0.717, 1.165) is 16.0 Å². The molecule has 0 fully saturated rings. The zero-order chi connectivity index (χ0) is 17.4. The van der Waals surface area contributed by atoms with Gasteiger partial charge in [-0.2, -0.15) is 0 Å². The summed E-state index contributed by atoms with van der Waals surface area (Å²) in [7, 11) is 0. The predicted molar refractivity (Wildman–Crippen MR) is 96.4 cm³/mol. The summed E-state index contributed by atoms with van der Waals surface area (Å²) in [6, 6.07) is 12.4. The summed E-state index contributed by atoms with van der Waals surface area (Å²) in [5, 5.41) is 3.11. The maximum Gasteiger partial charge on any atom is 0.283 e. The molecule has 0 saturated carbocycles. The topological polar surface area (TPSA) is 49.4 Å². The number of imide groups is 1. The van der Waals surface area contributed by atoms with Crippen molar-refractivity contribution in [2.45, 2.75) is 13.8 Å². The van der Waals surface area contributed by atoms with Crippen LogP contribution in [-0.4, -0.2) is 11.8 Å². The zero-order valence-electron chi connectivity index (χ0n) is 13.1. The van der Waals surface area contributed by atoms with Crippen LogP contribution < -0.4 is 10.2 Å². The number of benzene rings is 2. The van der Waals surface area contributed by atoms with Gasteiger partial charge in [0, 0.05) is 5.69 Å². The highest BCUT2D eigenvalue weighted by Crippen LogP contribution is 2.34. The van der Waals surface area contributed by atoms with Crippen molar-refractivity contribution in [2.24, 2.45) is 0 Å². The van der Waals surface area contributed by atoms with Gasteiger partial charge in [-0.15, -0.1) is 0 Å². The van der Waals surface area contributed by atoms with E-state index in [-0.39, 0.29) is 10.7 Å². The van der Waals surface area contributed by atoms with Crippen molar-refractivity contribution in [2.75, 3.05) is 10.2 Å². The van der Waals surface area contributed by atoms with E-state index in [1.54, 1.807) is 24.3 Å². The molecule has 0 saturated heterocycles. The molecule has 6 heteroatoms. The minimum absolute atomic E-state index is 0.0478. The Labute approximate surface area is 149 Å². The molecule has 2 amide bonds. The molecular formula is C18H14Cl2N2O2. The van der Waals surface area contributed by atoms with Crippen molar-refractivity contribution in [3.05, 3.63) is 69.3 Å². The number of hydrogen-bond donors (Lipinski definition) is 1. The van der Waals surface area contributed by atoms with Crippen molar-refractivity contribution in [3.8, 4) is 0 Å². The van der Waals surface area contributed by atoms with Crippen LogP contribution in [0.25, 0.3) is 0 Å². The third kappa shape index (κ3) is 2.90. The third-order valence-corrected chi connectivity index (χ3v) is 4.28. The van der Waals surface area contributed by atoms with Gasteiger partial charge < -0.3 is 5.32 Å². The summed E-state index contributed by atoms with van der Waals surface area (Å²) in [5.41, 5.74) is 3.13. The summed E-state index contributed by atoms with van der Waals surface area (Å²) < 4.78 is 0. The second-order valence-corrected chi connectivity index (χ2v) is 6.37. The highest BCUT2D eigenvalue weighted by atomic mass is 35.5. The molecule has 0 spiro atoms. The number of carbonyl (C=O) groups is 2. The van der Waals surface area contributed by atoms with Crippen LogP contribution in [-0.2, 0) is 9.59 Å². The van der Waals surface area contributed by atoms with Crippen molar-refractivity contribution in [1.82, 2.24) is 0 Å². The molecule has 1 aliphatic heterocycles. The number of nitrogens with one attached hydrogen (secondary N) is 1. The van der Waals surface area contributed by atoms with Gasteiger partial charge in [0.1, 0.15) is 10.7 Å². The van der Waals surface area contributed by atoms with Crippen molar-refractivity contribution in [1.29, 1.82) is 0 Å². The Morgan fingerprint density at radius 3 is 2.17 bits per heavy atom. The number of hydrogen-bond acceptors (Lipinski definition) is 3. The molecular weight excluding hydrogens is 347 g/mol. The number of anilines is 2. The molecule has 1 aliphatic rings. The van der Waals surface area contributed by atoms with E-state index in [1.165, 1.54) is 0 Å². The normalized spacial score (nSPS) is 14.6. The summed E-state index contributed by atoms with van der Waals surface area (Å²) in [6.45, 7) is 3.90. The van der Waals surface area contributed by atoms with Crippen molar-refractivity contribution < 1.29 is 9.59 Å². The minimum Gasteiger partial charge on any atom is -0.350 e. The Kier molecular flexibility index (Phi) is 4.35. The Balaban J connectivity index is 1.96. The average Bonchev–Trinajstić information content (AvgIpc) is 2.71. The second kappa shape index (κ2) is 6.30. The highest BCUT2D eigenvalue weighted by Gasteiger charge is 2.39. The summed E-state index contributed by atoms with van der Waals surface area (Å²) >= 11 is 12.2. The van der Waals surface area contributed by atoms with E-state index in [2.05, 4.69) is 5.32 Å². The monoisotopic (exact) mass is 360 g/mol. The molecule has 24 heavy (non-hydrogen) atoms. The average molecular weight is 361 g/mol. The van der Waals surface area contributed by atoms with Crippen LogP contribution in [0.5, 0.6) is 0 Å². The molecule has 2 aromatic carbocycles. The Morgan fingerprint density at radius 2 is 1.54 bits per heavy atom. The van der Waals surface area contributed by atoms with Gasteiger partial charge >= 0.3 is 0 Å². The van der Waals surface area contributed by atoms with Gasteiger partial charge in [0.05, 0.1) is 10.7 Å². The standard InChI is InChI=1S/C18H14Cl2N2O2/c1-10-7-11(2)9-12(8-10)21-16-15(20)17(23)22(18(16)24)14-6-4-3-5-13(14)19/h3-9,21H,1-2H3. The van der Waals surface area contributed by atoms with Gasteiger partial charge in [-0.05, 0) is 49.2 Å². The zero-order valence-corrected chi connectivity index (χ0v) is 14.6. The quantitative estimate of drug-likeness (QED) is 0.825. The smallest absolute Gasteiger partial charge is 0.283 e. The molecule has 4 nitrogen and oxygen atoms in total. The molecule has 3 rings (SSSR count). The van der Waals surface area contributed by atoms with Crippen LogP contribution in [0.3, 0.4) is 0 Å². The van der Waals surface area contributed by atoms with Gasteiger partial charge in [-0.3, -0.25) is 9.59 Å². The lowest BCUT2D eigenvalue weighted by Gasteiger charge is -2.16. The maximum atomic E-state index is 12.7. The van der Waals surface area contributed by atoms with Crippen LogP contribution in [0.15, 0.2) is 53.2 Å². The molecule has 0 atom stereocenters. The molecule has 1 N–H and O–H groups in total. The fourth-order valence-corrected chi connectivity index (χ4v) is 3.09. The lowest BCUT2D eigenvalue weighted by atomic mass is 10.1. The molecule has 0 aromatic heterocycles. The first-order valence-electron chi connectivity index (χ1n) is 7.27. The van der Waals surface area contributed by atoms with E-state index in [4.69, 9.17) is 23.2 Å². The summed E-state index contributed by atoms with van der Waals surface area (Å²) in [5.74, 6) is -1.13. The van der Waals surface area contributed by atoms with Gasteiger partial charge in [0.15, 0.2) is 0 Å². The van der Waals surface area contributed by atoms with E-state index in [9.17, 15) is 9.59 Å². The van der Waals surface area contributed by atoms with Gasteiger partial charge in [-0.25, -0.2) is 4.90 Å². The number of nitrogens with zero attached hydrogens (tertiary/aromatic N) is 1. The molecule has 2 aromatic rings. The molecule has 0 aliphatic carbocycles. The second-order valence-electron chi connectivity index (χ2n) is 5.59. The van der Waals surface area contributed by atoms with E-state index in [1.807, 2.05) is 32.0 Å². The van der Waals surface area contributed by atoms with E-state index in [0.29, 0.717) is 16.4 Å². The first-order chi connectivity index (χ1) is 11.4.